The normalized spacial score (nSPS) is 10.8. The smallest absolute Gasteiger partial charge is 0.335 e. The molecule has 0 spiro atoms. The van der Waals surface area contributed by atoms with E-state index in [1.807, 2.05) is 6.07 Å². The molecule has 3 rings (SSSR count). The molecule has 0 unspecified atom stereocenters. The molecule has 0 amide bonds. The van der Waals surface area contributed by atoms with E-state index in [2.05, 4.69) is 25.9 Å². The molecule has 94 valence electrons. The number of aromatic carboxylic acids is 1. The number of rotatable bonds is 2. The molecule has 0 saturated carbocycles. The zero-order valence-corrected chi connectivity index (χ0v) is 11.1. The lowest BCUT2D eigenvalue weighted by molar-refractivity contribution is 0.0697. The van der Waals surface area contributed by atoms with Crippen molar-refractivity contribution in [2.75, 3.05) is 0 Å². The lowest BCUT2D eigenvalue weighted by atomic mass is 10.2. The molecule has 2 heterocycles. The Bertz CT molecular complexity index is 782. The number of hydrogen-bond acceptors (Lipinski definition) is 4. The van der Waals surface area contributed by atoms with Gasteiger partial charge in [0.05, 0.1) is 11.1 Å². The van der Waals surface area contributed by atoms with Crippen molar-refractivity contribution in [1.29, 1.82) is 0 Å². The van der Waals surface area contributed by atoms with Gasteiger partial charge in [0, 0.05) is 16.9 Å². The third-order valence-electron chi connectivity index (χ3n) is 2.59. The average Bonchev–Trinajstić information content (AvgIpc) is 2.81. The number of carbonyl (C=O) groups is 1. The van der Waals surface area contributed by atoms with Crippen LogP contribution in [-0.4, -0.2) is 21.0 Å². The number of nitrogens with zero attached hydrogens (tertiary/aromatic N) is 2. The Kier molecular flexibility index (Phi) is 2.79. The Morgan fingerprint density at radius 2 is 2.11 bits per heavy atom. The Morgan fingerprint density at radius 1 is 1.26 bits per heavy atom. The van der Waals surface area contributed by atoms with Crippen molar-refractivity contribution in [3.8, 4) is 11.5 Å². The third kappa shape index (κ3) is 2.22. The van der Waals surface area contributed by atoms with Crippen LogP contribution in [0.1, 0.15) is 10.4 Å². The van der Waals surface area contributed by atoms with Crippen molar-refractivity contribution in [2.24, 2.45) is 0 Å². The standard InChI is InChI=1S/C13H7BrN2O3/c14-9-3-8(5-15-6-9)12-16-10-2-1-7(13(17)18)4-11(10)19-12/h1-6H,(H,17,18). The van der Waals surface area contributed by atoms with E-state index in [0.29, 0.717) is 17.0 Å². The van der Waals surface area contributed by atoms with Crippen LogP contribution in [-0.2, 0) is 0 Å². The highest BCUT2D eigenvalue weighted by molar-refractivity contribution is 9.10. The van der Waals surface area contributed by atoms with E-state index < -0.39 is 5.97 Å². The minimum absolute atomic E-state index is 0.169. The highest BCUT2D eigenvalue weighted by Gasteiger charge is 2.11. The monoisotopic (exact) mass is 318 g/mol. The summed E-state index contributed by atoms with van der Waals surface area (Å²) in [5, 5.41) is 8.93. The van der Waals surface area contributed by atoms with Crippen LogP contribution in [0.5, 0.6) is 0 Å². The van der Waals surface area contributed by atoms with Crippen LogP contribution in [0.15, 0.2) is 45.5 Å². The first-order valence-corrected chi connectivity index (χ1v) is 6.17. The van der Waals surface area contributed by atoms with E-state index >= 15 is 0 Å². The average molecular weight is 319 g/mol. The second kappa shape index (κ2) is 4.47. The van der Waals surface area contributed by atoms with Crippen molar-refractivity contribution in [1.82, 2.24) is 9.97 Å². The van der Waals surface area contributed by atoms with Crippen molar-refractivity contribution < 1.29 is 14.3 Å². The number of aromatic nitrogens is 2. The highest BCUT2D eigenvalue weighted by atomic mass is 79.9. The predicted octanol–water partition coefficient (Wildman–Crippen LogP) is 3.35. The van der Waals surface area contributed by atoms with E-state index in [1.165, 1.54) is 12.1 Å². The van der Waals surface area contributed by atoms with Gasteiger partial charge in [0.1, 0.15) is 5.52 Å². The molecule has 0 bridgehead atoms. The quantitative estimate of drug-likeness (QED) is 0.784. The molecule has 0 atom stereocenters. The zero-order chi connectivity index (χ0) is 13.4. The first kappa shape index (κ1) is 11.9. The summed E-state index contributed by atoms with van der Waals surface area (Å²) in [6.45, 7) is 0. The van der Waals surface area contributed by atoms with Gasteiger partial charge in [-0.05, 0) is 40.2 Å². The van der Waals surface area contributed by atoms with Crippen molar-refractivity contribution in [3.05, 3.63) is 46.7 Å². The number of carboxylic acid groups (broad SMARTS) is 1. The molecule has 6 heteroatoms. The number of carboxylic acids is 1. The summed E-state index contributed by atoms with van der Waals surface area (Å²) in [4.78, 5) is 19.2. The number of benzene rings is 1. The molecule has 2 aromatic heterocycles. The number of oxazole rings is 1. The Morgan fingerprint density at radius 3 is 2.84 bits per heavy atom. The van der Waals surface area contributed by atoms with Crippen LogP contribution in [0.4, 0.5) is 0 Å². The van der Waals surface area contributed by atoms with Gasteiger partial charge in [0.2, 0.25) is 5.89 Å². The maximum Gasteiger partial charge on any atom is 0.335 e. The first-order valence-electron chi connectivity index (χ1n) is 5.38. The molecule has 0 radical (unpaired) electrons. The fourth-order valence-electron chi connectivity index (χ4n) is 1.71. The van der Waals surface area contributed by atoms with E-state index in [4.69, 9.17) is 9.52 Å². The number of hydrogen-bond donors (Lipinski definition) is 1. The molecule has 0 saturated heterocycles. The molecular weight excluding hydrogens is 312 g/mol. The van der Waals surface area contributed by atoms with Gasteiger partial charge in [-0.1, -0.05) is 0 Å². The number of halogens is 1. The van der Waals surface area contributed by atoms with Gasteiger partial charge in [-0.15, -0.1) is 0 Å². The maximum atomic E-state index is 10.9. The number of pyridine rings is 1. The topological polar surface area (TPSA) is 76.2 Å². The molecule has 1 aromatic carbocycles. The van der Waals surface area contributed by atoms with E-state index in [9.17, 15) is 4.79 Å². The molecule has 0 aliphatic carbocycles. The van der Waals surface area contributed by atoms with Crippen LogP contribution in [0, 0.1) is 0 Å². The molecule has 1 N–H and O–H groups in total. The Balaban J connectivity index is 2.14. The summed E-state index contributed by atoms with van der Waals surface area (Å²) in [5.41, 5.74) is 1.94. The van der Waals surface area contributed by atoms with Crippen LogP contribution in [0.2, 0.25) is 0 Å². The van der Waals surface area contributed by atoms with Crippen molar-refractivity contribution in [3.63, 3.8) is 0 Å². The molecule has 3 aromatic rings. The Hall–Kier alpha value is -2.21. The minimum Gasteiger partial charge on any atom is -0.478 e. The molecule has 0 fully saturated rings. The fourth-order valence-corrected chi connectivity index (χ4v) is 2.07. The molecule has 0 aliphatic heterocycles. The maximum absolute atomic E-state index is 10.9. The summed E-state index contributed by atoms with van der Waals surface area (Å²) in [7, 11) is 0. The largest absolute Gasteiger partial charge is 0.478 e. The number of fused-ring (bicyclic) bond motifs is 1. The SMILES string of the molecule is O=C(O)c1ccc2nc(-c3cncc(Br)c3)oc2c1. The fraction of sp³-hybridized carbons (Fsp3) is 0. The predicted molar refractivity (Wildman–Crippen MR) is 71.9 cm³/mol. The second-order valence-electron chi connectivity index (χ2n) is 3.90. The Labute approximate surface area is 116 Å². The first-order chi connectivity index (χ1) is 9.13. The van der Waals surface area contributed by atoms with E-state index in [0.717, 1.165) is 10.0 Å². The molecule has 19 heavy (non-hydrogen) atoms. The van der Waals surface area contributed by atoms with Crippen molar-refractivity contribution in [2.45, 2.75) is 0 Å². The lowest BCUT2D eigenvalue weighted by Crippen LogP contribution is -1.94. The van der Waals surface area contributed by atoms with Gasteiger partial charge in [-0.25, -0.2) is 9.78 Å². The van der Waals surface area contributed by atoms with E-state index in [1.54, 1.807) is 18.5 Å². The van der Waals surface area contributed by atoms with Crippen LogP contribution in [0.3, 0.4) is 0 Å². The summed E-state index contributed by atoms with van der Waals surface area (Å²) >= 11 is 3.32. The van der Waals surface area contributed by atoms with Gasteiger partial charge in [0.25, 0.3) is 0 Å². The van der Waals surface area contributed by atoms with Gasteiger partial charge in [-0.2, -0.15) is 0 Å². The summed E-state index contributed by atoms with van der Waals surface area (Å²) in [6, 6.07) is 6.41. The summed E-state index contributed by atoms with van der Waals surface area (Å²) < 4.78 is 6.38. The molecule has 5 nitrogen and oxygen atoms in total. The van der Waals surface area contributed by atoms with Crippen LogP contribution in [0.25, 0.3) is 22.6 Å². The van der Waals surface area contributed by atoms with Crippen molar-refractivity contribution >= 4 is 33.0 Å². The minimum atomic E-state index is -0.996. The van der Waals surface area contributed by atoms with Gasteiger partial charge in [-0.3, -0.25) is 4.98 Å². The zero-order valence-electron chi connectivity index (χ0n) is 9.50. The summed E-state index contributed by atoms with van der Waals surface area (Å²) in [6.07, 6.45) is 3.29. The van der Waals surface area contributed by atoms with Gasteiger partial charge in [0.15, 0.2) is 5.58 Å². The lowest BCUT2D eigenvalue weighted by Gasteiger charge is -1.94. The summed E-state index contributed by atoms with van der Waals surface area (Å²) in [5.74, 6) is -0.588. The van der Waals surface area contributed by atoms with Crippen LogP contribution < -0.4 is 0 Å². The molecular formula is C13H7BrN2O3. The highest BCUT2D eigenvalue weighted by Crippen LogP contribution is 2.26. The van der Waals surface area contributed by atoms with Gasteiger partial charge < -0.3 is 9.52 Å². The van der Waals surface area contributed by atoms with Gasteiger partial charge >= 0.3 is 5.97 Å². The second-order valence-corrected chi connectivity index (χ2v) is 4.81. The third-order valence-corrected chi connectivity index (χ3v) is 3.02. The molecule has 0 aliphatic rings. The van der Waals surface area contributed by atoms with Crippen LogP contribution >= 0.6 is 15.9 Å². The van der Waals surface area contributed by atoms with E-state index in [-0.39, 0.29) is 5.56 Å².